The molecule has 180 valence electrons. The highest BCUT2D eigenvalue weighted by Crippen LogP contribution is 2.30. The smallest absolute Gasteiger partial charge is 0.152 e. The average Bonchev–Trinajstić information content (AvgIpc) is 3.36. The van der Waals surface area contributed by atoms with E-state index >= 15 is 0 Å². The van der Waals surface area contributed by atoms with Crippen LogP contribution >= 0.6 is 11.6 Å². The molecule has 0 aliphatic carbocycles. The molecule has 0 saturated heterocycles. The predicted molar refractivity (Wildman–Crippen MR) is 142 cm³/mol. The Kier molecular flexibility index (Phi) is 7.44. The lowest BCUT2D eigenvalue weighted by atomic mass is 9.95. The molecule has 0 unspecified atom stereocenters. The molecule has 2 aromatic heterocycles. The van der Waals surface area contributed by atoms with E-state index in [-0.39, 0.29) is 5.41 Å². The molecular formula is C28H36ClN5. The highest BCUT2D eigenvalue weighted by atomic mass is 35.5. The van der Waals surface area contributed by atoms with E-state index in [0.29, 0.717) is 5.15 Å². The first-order chi connectivity index (χ1) is 16.2. The summed E-state index contributed by atoms with van der Waals surface area (Å²) in [7, 11) is 0. The van der Waals surface area contributed by atoms with Crippen molar-refractivity contribution in [3.8, 4) is 11.4 Å². The molecule has 0 radical (unpaired) electrons. The van der Waals surface area contributed by atoms with Crippen LogP contribution in [0.3, 0.4) is 0 Å². The number of benzene rings is 2. The van der Waals surface area contributed by atoms with Gasteiger partial charge in [-0.3, -0.25) is 10.00 Å². The monoisotopic (exact) mass is 477 g/mol. The minimum absolute atomic E-state index is 0.152. The third kappa shape index (κ3) is 5.70. The zero-order valence-electron chi connectivity index (χ0n) is 21.0. The Morgan fingerprint density at radius 3 is 2.62 bits per heavy atom. The zero-order valence-corrected chi connectivity index (χ0v) is 21.8. The molecule has 4 aromatic rings. The van der Waals surface area contributed by atoms with Crippen LogP contribution in [0.2, 0.25) is 5.15 Å². The van der Waals surface area contributed by atoms with Crippen LogP contribution in [0.1, 0.15) is 57.4 Å². The van der Waals surface area contributed by atoms with Gasteiger partial charge in [-0.15, -0.1) is 0 Å². The summed E-state index contributed by atoms with van der Waals surface area (Å²) in [6, 6.07) is 15.0. The van der Waals surface area contributed by atoms with Crippen LogP contribution in [0.5, 0.6) is 0 Å². The number of hydrogen-bond acceptors (Lipinski definition) is 3. The molecule has 34 heavy (non-hydrogen) atoms. The second kappa shape index (κ2) is 10.3. The normalized spacial score (nSPS) is 12.2. The van der Waals surface area contributed by atoms with Gasteiger partial charge in [-0.2, -0.15) is 5.10 Å². The molecule has 0 spiro atoms. The van der Waals surface area contributed by atoms with E-state index in [1.54, 1.807) is 0 Å². The second-order valence-electron chi connectivity index (χ2n) is 10.5. The fraction of sp³-hybridized carbons (Fsp3) is 0.429. The third-order valence-corrected chi connectivity index (χ3v) is 6.43. The number of nitrogens with zero attached hydrogens (tertiary/aromatic N) is 4. The quantitative estimate of drug-likeness (QED) is 0.276. The van der Waals surface area contributed by atoms with Crippen molar-refractivity contribution in [3.63, 3.8) is 0 Å². The van der Waals surface area contributed by atoms with E-state index in [1.807, 2.05) is 6.20 Å². The fourth-order valence-corrected chi connectivity index (χ4v) is 4.84. The maximum atomic E-state index is 6.84. The van der Waals surface area contributed by atoms with Crippen molar-refractivity contribution in [2.75, 3.05) is 6.54 Å². The number of fused-ring (bicyclic) bond motifs is 1. The number of aromatic nitrogens is 4. The summed E-state index contributed by atoms with van der Waals surface area (Å²) >= 11 is 6.84. The molecule has 0 aliphatic heterocycles. The van der Waals surface area contributed by atoms with Gasteiger partial charge in [0.2, 0.25) is 0 Å². The molecule has 0 saturated carbocycles. The minimum Gasteiger partial charge on any atom is -0.325 e. The molecule has 1 N–H and O–H groups in total. The molecule has 0 bridgehead atoms. The Bertz CT molecular complexity index is 1250. The lowest BCUT2D eigenvalue weighted by Gasteiger charge is -2.30. The number of halogens is 1. The van der Waals surface area contributed by atoms with Crippen LogP contribution in [0.25, 0.3) is 22.3 Å². The number of rotatable bonds is 9. The van der Waals surface area contributed by atoms with Crippen molar-refractivity contribution in [2.45, 2.75) is 67.1 Å². The molecule has 0 amide bonds. The lowest BCUT2D eigenvalue weighted by Crippen LogP contribution is -2.32. The molecule has 6 heteroatoms. The Labute approximate surface area is 208 Å². The van der Waals surface area contributed by atoms with E-state index in [1.165, 1.54) is 11.1 Å². The number of aryl methyl sites for hydroxylation is 1. The Hall–Kier alpha value is -2.63. The van der Waals surface area contributed by atoms with E-state index in [2.05, 4.69) is 96.7 Å². The van der Waals surface area contributed by atoms with Crippen LogP contribution in [0.15, 0.2) is 48.7 Å². The van der Waals surface area contributed by atoms with Crippen LogP contribution in [-0.2, 0) is 19.6 Å². The summed E-state index contributed by atoms with van der Waals surface area (Å²) in [5.41, 5.74) is 5.96. The van der Waals surface area contributed by atoms with Gasteiger partial charge in [0.15, 0.2) is 5.15 Å². The van der Waals surface area contributed by atoms with Gasteiger partial charge in [-0.25, -0.2) is 4.98 Å². The fourth-order valence-electron chi connectivity index (χ4n) is 4.59. The van der Waals surface area contributed by atoms with E-state index in [0.717, 1.165) is 67.0 Å². The Balaban J connectivity index is 1.70. The summed E-state index contributed by atoms with van der Waals surface area (Å²) < 4.78 is 2.35. The van der Waals surface area contributed by atoms with Gasteiger partial charge in [0.05, 0.1) is 17.4 Å². The molecule has 4 rings (SSSR count). The first kappa shape index (κ1) is 24.5. The molecule has 0 atom stereocenters. The molecule has 5 nitrogen and oxygen atoms in total. The number of unbranched alkanes of at least 4 members (excludes halogenated alkanes) is 1. The van der Waals surface area contributed by atoms with Crippen molar-refractivity contribution in [1.82, 2.24) is 24.6 Å². The first-order valence-corrected chi connectivity index (χ1v) is 12.6. The number of H-pyrrole nitrogens is 1. The third-order valence-electron chi connectivity index (χ3n) is 6.13. The van der Waals surface area contributed by atoms with Crippen molar-refractivity contribution < 1.29 is 0 Å². The van der Waals surface area contributed by atoms with Crippen molar-refractivity contribution in [3.05, 3.63) is 70.6 Å². The highest BCUT2D eigenvalue weighted by molar-refractivity contribution is 6.30. The standard InChI is InChI=1S/C28H36ClN5/c1-6-7-14-34-25(26(29)31-27(34)23-11-9-8-10-20(23)2)18-33(19-28(3,4)5)17-21-12-13-24-22(15-21)16-30-32-24/h8-13,15-16H,6-7,14,17-19H2,1-5H3,(H,30,32). The van der Waals surface area contributed by atoms with Gasteiger partial charge in [-0.05, 0) is 42.0 Å². The van der Waals surface area contributed by atoms with E-state index < -0.39 is 0 Å². The number of aromatic amines is 1. The zero-order chi connectivity index (χ0) is 24.3. The molecule has 2 heterocycles. The minimum atomic E-state index is 0.152. The number of nitrogens with one attached hydrogen (secondary N) is 1. The van der Waals surface area contributed by atoms with E-state index in [9.17, 15) is 0 Å². The van der Waals surface area contributed by atoms with Crippen LogP contribution < -0.4 is 0 Å². The van der Waals surface area contributed by atoms with E-state index in [4.69, 9.17) is 16.6 Å². The summed E-state index contributed by atoms with van der Waals surface area (Å²) in [5, 5.41) is 8.96. The van der Waals surface area contributed by atoms with Crippen molar-refractivity contribution in [2.24, 2.45) is 5.41 Å². The Morgan fingerprint density at radius 1 is 1.09 bits per heavy atom. The summed E-state index contributed by atoms with van der Waals surface area (Å²) in [5.74, 6) is 0.974. The van der Waals surface area contributed by atoms with Gasteiger partial charge in [-0.1, -0.05) is 76.0 Å². The SMILES string of the molecule is CCCCn1c(-c2ccccc2C)nc(Cl)c1CN(Cc1ccc2[nH]ncc2c1)CC(C)(C)C. The maximum absolute atomic E-state index is 6.84. The predicted octanol–water partition coefficient (Wildman–Crippen LogP) is 7.24. The van der Waals surface area contributed by atoms with Crippen LogP contribution in [0, 0.1) is 12.3 Å². The second-order valence-corrected chi connectivity index (χ2v) is 10.8. The average molecular weight is 478 g/mol. The first-order valence-electron chi connectivity index (χ1n) is 12.2. The van der Waals surface area contributed by atoms with Crippen LogP contribution in [-0.4, -0.2) is 31.2 Å². The summed E-state index contributed by atoms with van der Waals surface area (Å²) in [6.45, 7) is 14.7. The molecule has 2 aromatic carbocycles. The molecule has 0 aliphatic rings. The Morgan fingerprint density at radius 2 is 1.88 bits per heavy atom. The van der Waals surface area contributed by atoms with Crippen molar-refractivity contribution in [1.29, 1.82) is 0 Å². The van der Waals surface area contributed by atoms with Crippen molar-refractivity contribution >= 4 is 22.5 Å². The summed E-state index contributed by atoms with van der Waals surface area (Å²) in [4.78, 5) is 7.37. The van der Waals surface area contributed by atoms with Gasteiger partial charge >= 0.3 is 0 Å². The number of hydrogen-bond donors (Lipinski definition) is 1. The summed E-state index contributed by atoms with van der Waals surface area (Å²) in [6.07, 6.45) is 4.10. The van der Waals surface area contributed by atoms with Gasteiger partial charge in [0.1, 0.15) is 5.82 Å². The lowest BCUT2D eigenvalue weighted by molar-refractivity contribution is 0.173. The van der Waals surface area contributed by atoms with Gasteiger partial charge in [0, 0.05) is 37.1 Å². The maximum Gasteiger partial charge on any atom is 0.152 e. The molecule has 0 fully saturated rings. The number of imidazole rings is 1. The largest absolute Gasteiger partial charge is 0.325 e. The highest BCUT2D eigenvalue weighted by Gasteiger charge is 2.23. The van der Waals surface area contributed by atoms with Crippen LogP contribution in [0.4, 0.5) is 0 Å². The molecular weight excluding hydrogens is 442 g/mol. The topological polar surface area (TPSA) is 49.7 Å². The van der Waals surface area contributed by atoms with Gasteiger partial charge in [0.25, 0.3) is 0 Å². The van der Waals surface area contributed by atoms with Gasteiger partial charge < -0.3 is 4.57 Å².